The van der Waals surface area contributed by atoms with Crippen molar-refractivity contribution in [2.45, 2.75) is 27.0 Å². The largest absolute Gasteiger partial charge is 0.377 e. The van der Waals surface area contributed by atoms with Gasteiger partial charge < -0.3 is 10.1 Å². The van der Waals surface area contributed by atoms with Crippen molar-refractivity contribution in [3.8, 4) is 0 Å². The van der Waals surface area contributed by atoms with Crippen LogP contribution in [0.25, 0.3) is 4.96 Å². The number of methoxy groups -OCH3 is 1. The lowest BCUT2D eigenvalue weighted by molar-refractivity contribution is 0.176. The van der Waals surface area contributed by atoms with E-state index < -0.39 is 0 Å². The zero-order valence-corrected chi connectivity index (χ0v) is 11.1. The lowest BCUT2D eigenvalue weighted by Gasteiger charge is -2.04. The van der Waals surface area contributed by atoms with E-state index in [0.29, 0.717) is 12.5 Å². The summed E-state index contributed by atoms with van der Waals surface area (Å²) < 4.78 is 6.79. The first-order valence-electron chi connectivity index (χ1n) is 5.60. The Labute approximate surface area is 104 Å². The molecule has 0 amide bonds. The molecule has 0 aliphatic carbocycles. The Kier molecular flexibility index (Phi) is 4.03. The van der Waals surface area contributed by atoms with Crippen LogP contribution in [0.3, 0.4) is 0 Å². The fraction of sp³-hybridized carbons (Fsp3) is 0.700. The first kappa shape index (κ1) is 12.4. The smallest absolute Gasteiger partial charge is 0.234 e. The molecule has 0 spiro atoms. The molecule has 0 aliphatic heterocycles. The minimum Gasteiger partial charge on any atom is -0.377 e. The van der Waals surface area contributed by atoms with Gasteiger partial charge in [0.25, 0.3) is 0 Å². The van der Waals surface area contributed by atoms with E-state index in [2.05, 4.69) is 34.5 Å². The van der Waals surface area contributed by atoms with Gasteiger partial charge in [-0.15, -0.1) is 10.2 Å². The number of rotatable bonds is 6. The summed E-state index contributed by atoms with van der Waals surface area (Å²) >= 11 is 1.56. The molecule has 0 aliphatic rings. The molecule has 0 radical (unpaired) electrons. The molecular formula is C10H17N5OS. The van der Waals surface area contributed by atoms with Crippen LogP contribution in [0, 0.1) is 5.92 Å². The molecule has 2 aromatic rings. The van der Waals surface area contributed by atoms with Gasteiger partial charge in [-0.1, -0.05) is 25.2 Å². The fourth-order valence-electron chi connectivity index (χ4n) is 1.46. The second-order valence-corrected chi connectivity index (χ2v) is 5.30. The minimum absolute atomic E-state index is 0.434. The molecule has 7 heteroatoms. The fourth-order valence-corrected chi connectivity index (χ4v) is 2.28. The highest BCUT2D eigenvalue weighted by Crippen LogP contribution is 2.14. The number of ether oxygens (including phenoxy) is 1. The maximum Gasteiger partial charge on any atom is 0.234 e. The number of aromatic nitrogens is 4. The Hall–Kier alpha value is -1.05. The van der Waals surface area contributed by atoms with Gasteiger partial charge in [0, 0.05) is 13.7 Å². The SMILES string of the molecule is COCc1nnc2sc(CNCC(C)C)nn12. The van der Waals surface area contributed by atoms with E-state index in [-0.39, 0.29) is 0 Å². The maximum atomic E-state index is 5.04. The second-order valence-electron chi connectivity index (χ2n) is 4.26. The van der Waals surface area contributed by atoms with Gasteiger partial charge in [0.2, 0.25) is 4.96 Å². The summed E-state index contributed by atoms with van der Waals surface area (Å²) in [4.78, 5) is 0.818. The van der Waals surface area contributed by atoms with E-state index in [1.807, 2.05) is 0 Å². The standard InChI is InChI=1S/C10H17N5OS/c1-7(2)4-11-5-9-14-15-8(6-16-3)12-13-10(15)17-9/h7,11H,4-6H2,1-3H3. The first-order valence-corrected chi connectivity index (χ1v) is 6.42. The van der Waals surface area contributed by atoms with Gasteiger partial charge in [0.15, 0.2) is 5.82 Å². The molecule has 0 saturated carbocycles. The third-order valence-corrected chi connectivity index (χ3v) is 3.10. The molecule has 17 heavy (non-hydrogen) atoms. The molecule has 0 saturated heterocycles. The summed E-state index contributed by atoms with van der Waals surface area (Å²) in [7, 11) is 1.64. The highest BCUT2D eigenvalue weighted by Gasteiger charge is 2.10. The van der Waals surface area contributed by atoms with E-state index in [9.17, 15) is 0 Å². The van der Waals surface area contributed by atoms with Crippen molar-refractivity contribution >= 4 is 16.3 Å². The van der Waals surface area contributed by atoms with Crippen LogP contribution in [0.5, 0.6) is 0 Å². The van der Waals surface area contributed by atoms with Crippen molar-refractivity contribution < 1.29 is 4.74 Å². The summed E-state index contributed by atoms with van der Waals surface area (Å²) in [6, 6.07) is 0. The number of hydrogen-bond acceptors (Lipinski definition) is 6. The van der Waals surface area contributed by atoms with Crippen molar-refractivity contribution in [2.24, 2.45) is 5.92 Å². The summed E-state index contributed by atoms with van der Waals surface area (Å²) in [5.41, 5.74) is 0. The van der Waals surface area contributed by atoms with Crippen LogP contribution in [-0.2, 0) is 17.9 Å². The minimum atomic E-state index is 0.434. The van der Waals surface area contributed by atoms with E-state index >= 15 is 0 Å². The van der Waals surface area contributed by atoms with Gasteiger partial charge in [-0.2, -0.15) is 9.61 Å². The number of hydrogen-bond donors (Lipinski definition) is 1. The number of nitrogens with one attached hydrogen (secondary N) is 1. The van der Waals surface area contributed by atoms with Crippen LogP contribution < -0.4 is 5.32 Å². The Bertz CT molecular complexity index is 478. The van der Waals surface area contributed by atoms with Gasteiger partial charge in [-0.25, -0.2) is 0 Å². The van der Waals surface area contributed by atoms with Crippen molar-refractivity contribution in [2.75, 3.05) is 13.7 Å². The molecule has 1 N–H and O–H groups in total. The van der Waals surface area contributed by atoms with Gasteiger partial charge in [-0.3, -0.25) is 0 Å². The lowest BCUT2D eigenvalue weighted by atomic mass is 10.2. The van der Waals surface area contributed by atoms with Crippen LogP contribution in [-0.4, -0.2) is 33.5 Å². The molecule has 94 valence electrons. The summed E-state index contributed by atoms with van der Waals surface area (Å²) in [6.45, 7) is 6.57. The average molecular weight is 255 g/mol. The third-order valence-electron chi connectivity index (χ3n) is 2.20. The average Bonchev–Trinajstić information content (AvgIpc) is 2.80. The van der Waals surface area contributed by atoms with Gasteiger partial charge in [-0.05, 0) is 12.5 Å². The van der Waals surface area contributed by atoms with Crippen LogP contribution in [0.1, 0.15) is 24.7 Å². The zero-order chi connectivity index (χ0) is 12.3. The molecule has 0 unspecified atom stereocenters. The third kappa shape index (κ3) is 2.99. The van der Waals surface area contributed by atoms with E-state index in [1.165, 1.54) is 0 Å². The molecular weight excluding hydrogens is 238 g/mol. The molecule has 2 rings (SSSR count). The van der Waals surface area contributed by atoms with Gasteiger partial charge >= 0.3 is 0 Å². The summed E-state index contributed by atoms with van der Waals surface area (Å²) in [5.74, 6) is 1.39. The number of nitrogens with zero attached hydrogens (tertiary/aromatic N) is 4. The van der Waals surface area contributed by atoms with Crippen LogP contribution in [0.2, 0.25) is 0 Å². The molecule has 0 atom stereocenters. The normalized spacial score (nSPS) is 11.8. The van der Waals surface area contributed by atoms with Gasteiger partial charge in [0.05, 0.1) is 0 Å². The van der Waals surface area contributed by atoms with Crippen LogP contribution in [0.4, 0.5) is 0 Å². The summed E-state index contributed by atoms with van der Waals surface area (Å²) in [6.07, 6.45) is 0. The van der Waals surface area contributed by atoms with E-state index in [1.54, 1.807) is 23.0 Å². The van der Waals surface area contributed by atoms with Crippen LogP contribution >= 0.6 is 11.3 Å². The van der Waals surface area contributed by atoms with E-state index in [0.717, 1.165) is 28.9 Å². The molecule has 2 aromatic heterocycles. The zero-order valence-electron chi connectivity index (χ0n) is 10.3. The molecule has 2 heterocycles. The van der Waals surface area contributed by atoms with Crippen LogP contribution in [0.15, 0.2) is 0 Å². The highest BCUT2D eigenvalue weighted by molar-refractivity contribution is 7.16. The molecule has 6 nitrogen and oxygen atoms in total. The van der Waals surface area contributed by atoms with Crippen molar-refractivity contribution in [3.05, 3.63) is 10.8 Å². The topological polar surface area (TPSA) is 64.3 Å². The Balaban J connectivity index is 2.04. The Morgan fingerprint density at radius 2 is 2.24 bits per heavy atom. The Morgan fingerprint density at radius 1 is 1.41 bits per heavy atom. The predicted molar refractivity (Wildman–Crippen MR) is 65.9 cm³/mol. The lowest BCUT2D eigenvalue weighted by Crippen LogP contribution is -2.19. The monoisotopic (exact) mass is 255 g/mol. The maximum absolute atomic E-state index is 5.04. The van der Waals surface area contributed by atoms with Crippen molar-refractivity contribution in [1.29, 1.82) is 0 Å². The van der Waals surface area contributed by atoms with Gasteiger partial charge in [0.1, 0.15) is 11.6 Å². The van der Waals surface area contributed by atoms with E-state index in [4.69, 9.17) is 4.74 Å². The molecule has 0 bridgehead atoms. The molecule has 0 fully saturated rings. The summed E-state index contributed by atoms with van der Waals surface area (Å²) in [5, 5.41) is 16.9. The second kappa shape index (κ2) is 5.52. The predicted octanol–water partition coefficient (Wildman–Crippen LogP) is 1.08. The number of fused-ring (bicyclic) bond motifs is 1. The highest BCUT2D eigenvalue weighted by atomic mass is 32.1. The molecule has 0 aromatic carbocycles. The van der Waals surface area contributed by atoms with Crippen molar-refractivity contribution in [3.63, 3.8) is 0 Å². The quantitative estimate of drug-likeness (QED) is 0.836. The Morgan fingerprint density at radius 3 is 2.94 bits per heavy atom. The first-order chi connectivity index (χ1) is 8.20. The van der Waals surface area contributed by atoms with Crippen molar-refractivity contribution in [1.82, 2.24) is 25.1 Å².